The second-order valence-corrected chi connectivity index (χ2v) is 14.1. The summed E-state index contributed by atoms with van der Waals surface area (Å²) in [6.07, 6.45) is 2.23. The van der Waals surface area contributed by atoms with Gasteiger partial charge in [0.2, 0.25) is 0 Å². The van der Waals surface area contributed by atoms with Crippen LogP contribution >= 0.6 is 0 Å². The van der Waals surface area contributed by atoms with Crippen molar-refractivity contribution >= 4 is 32.0 Å². The number of halogens is 1. The summed E-state index contributed by atoms with van der Waals surface area (Å²) in [6.45, 7) is 5.98. The van der Waals surface area contributed by atoms with Gasteiger partial charge in [-0.2, -0.15) is 12.7 Å². The smallest absolute Gasteiger partial charge is 0.410 e. The number of nitrogens with one attached hydrogen (secondary N) is 1. The zero-order valence-electron chi connectivity index (χ0n) is 22.8. The first-order valence-electron chi connectivity index (χ1n) is 12.7. The molecule has 2 aromatic carbocycles. The molecule has 1 amide bonds. The van der Waals surface area contributed by atoms with Crippen LogP contribution in [-0.4, -0.2) is 61.8 Å². The molecule has 2 heterocycles. The highest BCUT2D eigenvalue weighted by atomic mass is 32.2. The molecule has 13 heteroatoms. The number of benzene rings is 2. The molecule has 0 spiro atoms. The Bertz CT molecular complexity index is 1610. The van der Waals surface area contributed by atoms with Crippen LogP contribution in [0.15, 0.2) is 65.7 Å². The number of anilines is 1. The molecule has 0 aliphatic carbocycles. The van der Waals surface area contributed by atoms with Crippen molar-refractivity contribution in [2.45, 2.75) is 50.7 Å². The second-order valence-electron chi connectivity index (χ2n) is 10.6. The first-order chi connectivity index (χ1) is 18.7. The minimum Gasteiger partial charge on any atom is -0.444 e. The van der Waals surface area contributed by atoms with Gasteiger partial charge in [-0.3, -0.25) is 4.72 Å². The third-order valence-corrected chi connectivity index (χ3v) is 9.37. The van der Waals surface area contributed by atoms with Crippen LogP contribution in [0.2, 0.25) is 0 Å². The van der Waals surface area contributed by atoms with Gasteiger partial charge in [-0.1, -0.05) is 18.2 Å². The molecular weight excluding hydrogens is 559 g/mol. The van der Waals surface area contributed by atoms with Crippen molar-refractivity contribution < 1.29 is 30.8 Å². The number of ether oxygens (including phenoxy) is 1. The topological polar surface area (TPSA) is 118 Å². The molecule has 3 aromatic rings. The third-order valence-electron chi connectivity index (χ3n) is 6.16. The van der Waals surface area contributed by atoms with Crippen molar-refractivity contribution in [2.75, 3.05) is 24.9 Å². The first-order valence-corrected chi connectivity index (χ1v) is 15.6. The van der Waals surface area contributed by atoms with Crippen LogP contribution in [0.1, 0.15) is 39.2 Å². The number of aromatic nitrogens is 1. The fourth-order valence-electron chi connectivity index (χ4n) is 4.30. The summed E-state index contributed by atoms with van der Waals surface area (Å²) >= 11 is 0. The zero-order chi connectivity index (χ0) is 29.3. The number of nitrogens with zero attached hydrogens (tertiary/aromatic N) is 3. The molecule has 4 rings (SSSR count). The molecule has 0 unspecified atom stereocenters. The van der Waals surface area contributed by atoms with E-state index in [1.54, 1.807) is 26.8 Å². The highest BCUT2D eigenvalue weighted by Gasteiger charge is 2.28. The molecule has 1 fully saturated rings. The van der Waals surface area contributed by atoms with Gasteiger partial charge < -0.3 is 9.64 Å². The van der Waals surface area contributed by atoms with Crippen LogP contribution in [0.4, 0.5) is 14.9 Å². The summed E-state index contributed by atoms with van der Waals surface area (Å²) in [7, 11) is -6.66. The average Bonchev–Trinajstić information content (AvgIpc) is 3.55. The third kappa shape index (κ3) is 6.65. The van der Waals surface area contributed by atoms with Gasteiger partial charge in [0, 0.05) is 31.9 Å². The Labute approximate surface area is 234 Å². The number of carbonyl (C=O) groups excluding carboxylic acids is 1. The van der Waals surface area contributed by atoms with E-state index in [0.29, 0.717) is 18.7 Å². The number of carbonyl (C=O) groups is 1. The molecule has 1 aliphatic rings. The Morgan fingerprint density at radius 2 is 1.70 bits per heavy atom. The van der Waals surface area contributed by atoms with Gasteiger partial charge in [-0.15, -0.1) is 0 Å². The predicted octanol–water partition coefficient (Wildman–Crippen LogP) is 4.65. The van der Waals surface area contributed by atoms with Crippen LogP contribution < -0.4 is 4.72 Å². The lowest BCUT2D eigenvalue weighted by molar-refractivity contribution is 0.0285. The van der Waals surface area contributed by atoms with Gasteiger partial charge >= 0.3 is 16.3 Å². The molecule has 10 nitrogen and oxygen atoms in total. The Balaban J connectivity index is 1.72. The standard InChI is InChI=1S/C27H33FN4O6S2/c1-27(2,3)38-26(33)30(4)18-20-16-25(23-12-5-6-13-24(23)28)32(19-20)39(34,35)22-11-9-10-21(17-22)29-40(36,37)31-14-7-8-15-31/h5-6,9-13,16-17,19,29H,7-8,14-15,18H2,1-4H3. The van der Waals surface area contributed by atoms with E-state index >= 15 is 0 Å². The Hall–Kier alpha value is -3.42. The highest BCUT2D eigenvalue weighted by molar-refractivity contribution is 7.90. The summed E-state index contributed by atoms with van der Waals surface area (Å²) in [5, 5.41) is 0. The van der Waals surface area contributed by atoms with E-state index in [-0.39, 0.29) is 28.4 Å². The maximum absolute atomic E-state index is 14.9. The Morgan fingerprint density at radius 1 is 1.02 bits per heavy atom. The van der Waals surface area contributed by atoms with Crippen molar-refractivity contribution in [1.29, 1.82) is 0 Å². The summed E-state index contributed by atoms with van der Waals surface area (Å²) in [6, 6.07) is 12.7. The van der Waals surface area contributed by atoms with Crippen molar-refractivity contribution in [2.24, 2.45) is 0 Å². The van der Waals surface area contributed by atoms with Crippen LogP contribution in [0, 0.1) is 5.82 Å². The number of hydrogen-bond acceptors (Lipinski definition) is 6. The largest absolute Gasteiger partial charge is 0.444 e. The van der Waals surface area contributed by atoms with Crippen molar-refractivity contribution in [3.8, 4) is 11.3 Å². The van der Waals surface area contributed by atoms with Gasteiger partial charge in [-0.25, -0.2) is 21.6 Å². The molecule has 0 bridgehead atoms. The number of rotatable bonds is 8. The predicted molar refractivity (Wildman–Crippen MR) is 150 cm³/mol. The Morgan fingerprint density at radius 3 is 2.35 bits per heavy atom. The van der Waals surface area contributed by atoms with Gasteiger partial charge in [0.25, 0.3) is 10.0 Å². The number of amides is 1. The molecule has 40 heavy (non-hydrogen) atoms. The van der Waals surface area contributed by atoms with E-state index in [1.165, 1.54) is 71.0 Å². The van der Waals surface area contributed by atoms with E-state index in [9.17, 15) is 26.0 Å². The van der Waals surface area contributed by atoms with Gasteiger partial charge in [0.05, 0.1) is 22.8 Å². The molecule has 0 radical (unpaired) electrons. The van der Waals surface area contributed by atoms with E-state index in [4.69, 9.17) is 4.74 Å². The van der Waals surface area contributed by atoms with Crippen molar-refractivity contribution in [3.63, 3.8) is 0 Å². The lowest BCUT2D eigenvalue weighted by atomic mass is 10.1. The fourth-order valence-corrected chi connectivity index (χ4v) is 7.03. The number of hydrogen-bond donors (Lipinski definition) is 1. The van der Waals surface area contributed by atoms with Crippen molar-refractivity contribution in [1.82, 2.24) is 13.2 Å². The molecule has 0 atom stereocenters. The van der Waals surface area contributed by atoms with Gasteiger partial charge in [0.1, 0.15) is 11.4 Å². The minimum absolute atomic E-state index is 0.00540. The molecule has 1 N–H and O–H groups in total. The minimum atomic E-state index is -4.33. The van der Waals surface area contributed by atoms with Crippen LogP contribution in [-0.2, 0) is 31.5 Å². The van der Waals surface area contributed by atoms with Crippen LogP contribution in [0.25, 0.3) is 11.3 Å². The van der Waals surface area contributed by atoms with Gasteiger partial charge in [-0.05, 0) is 75.6 Å². The SMILES string of the molecule is CN(Cc1cc(-c2ccccc2F)n(S(=O)(=O)c2cccc(NS(=O)(=O)N3CCCC3)c2)c1)C(=O)OC(C)(C)C. The van der Waals surface area contributed by atoms with E-state index < -0.39 is 37.7 Å². The lowest BCUT2D eigenvalue weighted by Gasteiger charge is -2.24. The molecule has 1 aliphatic heterocycles. The zero-order valence-corrected chi connectivity index (χ0v) is 24.4. The molecule has 216 valence electrons. The monoisotopic (exact) mass is 592 g/mol. The summed E-state index contributed by atoms with van der Waals surface area (Å²) in [5.74, 6) is -0.628. The average molecular weight is 593 g/mol. The Kier molecular flexibility index (Phi) is 8.29. The molecular formula is C27H33FN4O6S2. The quantitative estimate of drug-likeness (QED) is 0.407. The molecule has 0 saturated carbocycles. The maximum atomic E-state index is 14.9. The van der Waals surface area contributed by atoms with Gasteiger partial charge in [0.15, 0.2) is 0 Å². The van der Waals surface area contributed by atoms with E-state index in [1.807, 2.05) is 0 Å². The van der Waals surface area contributed by atoms with Crippen molar-refractivity contribution in [3.05, 3.63) is 72.2 Å². The summed E-state index contributed by atoms with van der Waals surface area (Å²) in [5.41, 5.74) is -0.129. The lowest BCUT2D eigenvalue weighted by Crippen LogP contribution is -2.33. The fraction of sp³-hybridized carbons (Fsp3) is 0.370. The first kappa shape index (κ1) is 29.6. The molecule has 1 saturated heterocycles. The summed E-state index contributed by atoms with van der Waals surface area (Å²) in [4.78, 5) is 13.6. The van der Waals surface area contributed by atoms with Crippen LogP contribution in [0.5, 0.6) is 0 Å². The summed E-state index contributed by atoms with van der Waals surface area (Å²) < 4.78 is 78.2. The maximum Gasteiger partial charge on any atom is 0.410 e. The highest BCUT2D eigenvalue weighted by Crippen LogP contribution is 2.30. The molecule has 1 aromatic heterocycles. The van der Waals surface area contributed by atoms with Crippen LogP contribution in [0.3, 0.4) is 0 Å². The second kappa shape index (κ2) is 11.2. The van der Waals surface area contributed by atoms with E-state index in [0.717, 1.165) is 16.8 Å². The normalized spacial score (nSPS) is 14.7. The van der Waals surface area contributed by atoms with E-state index in [2.05, 4.69) is 4.72 Å².